The summed E-state index contributed by atoms with van der Waals surface area (Å²) in [6.45, 7) is 6.70. The molecule has 0 amide bonds. The van der Waals surface area contributed by atoms with Crippen LogP contribution in [-0.4, -0.2) is 17.6 Å². The van der Waals surface area contributed by atoms with Crippen LogP contribution in [0.5, 0.6) is 0 Å². The SMILES string of the molecule is CC1(C)[C@H]2CC[C@@]1(C)[C@@H](OC(=O)C(F)Sc1ccccc1)C2. The van der Waals surface area contributed by atoms with Gasteiger partial charge in [-0.15, -0.1) is 0 Å². The zero-order chi connectivity index (χ0) is 16.0. The number of alkyl halides is 1. The molecular formula is C18H23FO2S. The maximum Gasteiger partial charge on any atom is 0.352 e. The molecule has 3 rings (SSSR count). The number of thioether (sulfide) groups is 1. The molecule has 4 atom stereocenters. The maximum absolute atomic E-state index is 14.2. The van der Waals surface area contributed by atoms with Gasteiger partial charge in [-0.05, 0) is 42.7 Å². The second kappa shape index (κ2) is 5.55. The number of hydrogen-bond acceptors (Lipinski definition) is 3. The largest absolute Gasteiger partial charge is 0.459 e. The van der Waals surface area contributed by atoms with E-state index >= 15 is 0 Å². The third-order valence-electron chi connectivity index (χ3n) is 6.14. The molecule has 2 fully saturated rings. The highest BCUT2D eigenvalue weighted by Crippen LogP contribution is 2.66. The van der Waals surface area contributed by atoms with Crippen LogP contribution in [0.15, 0.2) is 35.2 Å². The Kier molecular flexibility index (Phi) is 4.00. The molecule has 2 aliphatic rings. The molecule has 120 valence electrons. The Bertz CT molecular complexity index is 559. The first-order valence-electron chi connectivity index (χ1n) is 7.91. The first kappa shape index (κ1) is 15.9. The Morgan fingerprint density at radius 2 is 2.00 bits per heavy atom. The highest BCUT2D eigenvalue weighted by molar-refractivity contribution is 8.00. The van der Waals surface area contributed by atoms with Crippen molar-refractivity contribution in [3.05, 3.63) is 30.3 Å². The third-order valence-corrected chi connectivity index (χ3v) is 7.08. The molecule has 0 aliphatic heterocycles. The number of benzene rings is 1. The number of ether oxygens (including phenoxy) is 1. The lowest BCUT2D eigenvalue weighted by molar-refractivity contribution is -0.159. The normalized spacial score (nSPS) is 33.6. The van der Waals surface area contributed by atoms with Crippen LogP contribution in [0.1, 0.15) is 40.0 Å². The second-order valence-corrected chi connectivity index (χ2v) is 8.40. The number of hydrogen-bond donors (Lipinski definition) is 0. The fourth-order valence-corrected chi connectivity index (χ4v) is 4.87. The van der Waals surface area contributed by atoms with Crippen LogP contribution in [0.2, 0.25) is 0 Å². The van der Waals surface area contributed by atoms with Gasteiger partial charge < -0.3 is 4.74 Å². The maximum atomic E-state index is 14.2. The van der Waals surface area contributed by atoms with E-state index in [4.69, 9.17) is 4.74 Å². The smallest absolute Gasteiger partial charge is 0.352 e. The predicted molar refractivity (Wildman–Crippen MR) is 86.3 cm³/mol. The van der Waals surface area contributed by atoms with Crippen LogP contribution in [0.4, 0.5) is 4.39 Å². The van der Waals surface area contributed by atoms with Crippen molar-refractivity contribution in [2.45, 2.75) is 56.5 Å². The van der Waals surface area contributed by atoms with Gasteiger partial charge in [0.2, 0.25) is 5.50 Å². The Hall–Kier alpha value is -1.03. The third kappa shape index (κ3) is 2.45. The fraction of sp³-hybridized carbons (Fsp3) is 0.611. The van der Waals surface area contributed by atoms with Crippen LogP contribution in [0, 0.1) is 16.7 Å². The van der Waals surface area contributed by atoms with Crippen molar-refractivity contribution in [2.75, 3.05) is 0 Å². The van der Waals surface area contributed by atoms with Gasteiger partial charge >= 0.3 is 5.97 Å². The molecule has 0 heterocycles. The first-order valence-corrected chi connectivity index (χ1v) is 8.79. The average molecular weight is 322 g/mol. The van der Waals surface area contributed by atoms with Gasteiger partial charge in [-0.3, -0.25) is 0 Å². The highest BCUT2D eigenvalue weighted by Gasteiger charge is 2.63. The molecule has 0 spiro atoms. The summed E-state index contributed by atoms with van der Waals surface area (Å²) in [5, 5.41) is 0. The topological polar surface area (TPSA) is 26.3 Å². The molecule has 2 saturated carbocycles. The van der Waals surface area contributed by atoms with Crippen molar-refractivity contribution in [3.8, 4) is 0 Å². The van der Waals surface area contributed by atoms with E-state index in [1.54, 1.807) is 12.1 Å². The van der Waals surface area contributed by atoms with E-state index < -0.39 is 11.5 Å². The van der Waals surface area contributed by atoms with Gasteiger partial charge in [0.1, 0.15) is 6.10 Å². The zero-order valence-corrected chi connectivity index (χ0v) is 14.2. The molecule has 0 aromatic heterocycles. The molecule has 22 heavy (non-hydrogen) atoms. The lowest BCUT2D eigenvalue weighted by atomic mass is 9.70. The number of rotatable bonds is 4. The van der Waals surface area contributed by atoms with Gasteiger partial charge in [0.25, 0.3) is 0 Å². The van der Waals surface area contributed by atoms with Gasteiger partial charge in [0.15, 0.2) is 0 Å². The molecule has 0 saturated heterocycles. The molecule has 1 unspecified atom stereocenters. The minimum Gasteiger partial charge on any atom is -0.459 e. The molecule has 0 radical (unpaired) electrons. The van der Waals surface area contributed by atoms with Gasteiger partial charge in [0, 0.05) is 10.3 Å². The van der Waals surface area contributed by atoms with Crippen molar-refractivity contribution < 1.29 is 13.9 Å². The average Bonchev–Trinajstić information content (AvgIpc) is 2.81. The van der Waals surface area contributed by atoms with Crippen molar-refractivity contribution in [1.82, 2.24) is 0 Å². The number of carbonyl (C=O) groups excluding carboxylic acids is 1. The van der Waals surface area contributed by atoms with E-state index in [0.717, 1.165) is 29.5 Å². The number of esters is 1. The van der Waals surface area contributed by atoms with Gasteiger partial charge in [-0.2, -0.15) is 0 Å². The lowest BCUT2D eigenvalue weighted by Crippen LogP contribution is -2.39. The Morgan fingerprint density at radius 3 is 2.55 bits per heavy atom. The van der Waals surface area contributed by atoms with E-state index in [1.807, 2.05) is 18.2 Å². The van der Waals surface area contributed by atoms with Crippen molar-refractivity contribution in [1.29, 1.82) is 0 Å². The minimum atomic E-state index is -1.66. The summed E-state index contributed by atoms with van der Waals surface area (Å²) in [6.07, 6.45) is 2.97. The fourth-order valence-electron chi connectivity index (χ4n) is 4.17. The molecule has 4 heteroatoms. The number of fused-ring (bicyclic) bond motifs is 2. The van der Waals surface area contributed by atoms with E-state index in [9.17, 15) is 9.18 Å². The summed E-state index contributed by atoms with van der Waals surface area (Å²) in [5.41, 5.74) is -1.52. The van der Waals surface area contributed by atoms with Crippen molar-refractivity contribution in [2.24, 2.45) is 16.7 Å². The van der Waals surface area contributed by atoms with Crippen LogP contribution in [-0.2, 0) is 9.53 Å². The van der Waals surface area contributed by atoms with E-state index in [1.165, 1.54) is 6.42 Å². The number of halogens is 1. The summed E-state index contributed by atoms with van der Waals surface area (Å²) in [6, 6.07) is 9.13. The summed E-state index contributed by atoms with van der Waals surface area (Å²) in [5.74, 6) is -0.154. The molecule has 0 N–H and O–H groups in total. The standard InChI is InChI=1S/C18H23FO2S/c1-17(2)12-9-10-18(17,3)14(11-12)21-16(20)15(19)22-13-7-5-4-6-8-13/h4-8,12,14-15H,9-11H2,1-3H3/t12-,14-,15?,18-/m0/s1. The van der Waals surface area contributed by atoms with Crippen LogP contribution in [0.3, 0.4) is 0 Å². The quantitative estimate of drug-likeness (QED) is 0.586. The molecular weight excluding hydrogens is 299 g/mol. The van der Waals surface area contributed by atoms with E-state index in [2.05, 4.69) is 20.8 Å². The summed E-state index contributed by atoms with van der Waals surface area (Å²) >= 11 is 0.913. The first-order chi connectivity index (χ1) is 10.3. The van der Waals surface area contributed by atoms with Crippen LogP contribution < -0.4 is 0 Å². The molecule has 1 aromatic carbocycles. The van der Waals surface area contributed by atoms with E-state index in [-0.39, 0.29) is 16.9 Å². The Balaban J connectivity index is 1.63. The van der Waals surface area contributed by atoms with Crippen LogP contribution in [0.25, 0.3) is 0 Å². The monoisotopic (exact) mass is 322 g/mol. The van der Waals surface area contributed by atoms with Gasteiger partial charge in [-0.1, -0.05) is 50.7 Å². The van der Waals surface area contributed by atoms with Crippen molar-refractivity contribution in [3.63, 3.8) is 0 Å². The lowest BCUT2D eigenvalue weighted by Gasteiger charge is -2.38. The predicted octanol–water partition coefficient (Wildman–Crippen LogP) is 4.83. The van der Waals surface area contributed by atoms with Gasteiger partial charge in [-0.25, -0.2) is 9.18 Å². The van der Waals surface area contributed by atoms with E-state index in [0.29, 0.717) is 5.92 Å². The highest BCUT2D eigenvalue weighted by atomic mass is 32.2. The minimum absolute atomic E-state index is 0.0234. The summed E-state index contributed by atoms with van der Waals surface area (Å²) in [4.78, 5) is 12.9. The molecule has 2 aliphatic carbocycles. The zero-order valence-electron chi connectivity index (χ0n) is 13.3. The van der Waals surface area contributed by atoms with Crippen molar-refractivity contribution >= 4 is 17.7 Å². The Morgan fingerprint density at radius 1 is 1.32 bits per heavy atom. The molecule has 2 nitrogen and oxygen atoms in total. The van der Waals surface area contributed by atoms with Crippen LogP contribution >= 0.6 is 11.8 Å². The summed E-state index contributed by atoms with van der Waals surface area (Å²) < 4.78 is 19.8. The summed E-state index contributed by atoms with van der Waals surface area (Å²) in [7, 11) is 0. The molecule has 1 aromatic rings. The Labute approximate surface area is 135 Å². The number of carbonyl (C=O) groups is 1. The second-order valence-electron chi connectivity index (χ2n) is 7.28. The van der Waals surface area contributed by atoms with Gasteiger partial charge in [0.05, 0.1) is 0 Å². The molecule has 2 bridgehead atoms.